The number of para-hydroxylation sites is 1. The highest BCUT2D eigenvalue weighted by atomic mass is 16.5. The minimum atomic E-state index is -0.375. The molecule has 4 heteroatoms. The molecular formula is C15H19NO3. The molecule has 0 spiro atoms. The zero-order valence-electron chi connectivity index (χ0n) is 11.1. The summed E-state index contributed by atoms with van der Waals surface area (Å²) in [5.74, 6) is -0.266. The summed E-state index contributed by atoms with van der Waals surface area (Å²) in [6.07, 6.45) is 3.71. The predicted octanol–water partition coefficient (Wildman–Crippen LogP) is 2.99. The summed E-state index contributed by atoms with van der Waals surface area (Å²) in [6, 6.07) is 6.97. The van der Waals surface area contributed by atoms with Crippen LogP contribution in [0.5, 0.6) is 0 Å². The number of ether oxygens (including phenoxy) is 1. The van der Waals surface area contributed by atoms with Gasteiger partial charge in [-0.05, 0) is 31.4 Å². The molecule has 1 N–H and O–H groups in total. The number of carbonyl (C=O) groups is 2. The number of benzene rings is 1. The second kappa shape index (κ2) is 6.36. The van der Waals surface area contributed by atoms with Gasteiger partial charge in [0.2, 0.25) is 5.91 Å². The Morgan fingerprint density at radius 1 is 1.32 bits per heavy atom. The van der Waals surface area contributed by atoms with Gasteiger partial charge in [0, 0.05) is 5.92 Å². The summed E-state index contributed by atoms with van der Waals surface area (Å²) >= 11 is 0. The van der Waals surface area contributed by atoms with Gasteiger partial charge in [-0.2, -0.15) is 0 Å². The van der Waals surface area contributed by atoms with E-state index in [9.17, 15) is 9.59 Å². The van der Waals surface area contributed by atoms with Crippen molar-refractivity contribution in [2.45, 2.75) is 32.6 Å². The monoisotopic (exact) mass is 261 g/mol. The molecule has 0 atom stereocenters. The molecular weight excluding hydrogens is 242 g/mol. The van der Waals surface area contributed by atoms with Crippen molar-refractivity contribution in [1.29, 1.82) is 0 Å². The molecule has 1 aromatic rings. The Morgan fingerprint density at radius 2 is 2.05 bits per heavy atom. The summed E-state index contributed by atoms with van der Waals surface area (Å²) < 4.78 is 5.18. The van der Waals surface area contributed by atoms with Gasteiger partial charge in [0.15, 0.2) is 0 Å². The van der Waals surface area contributed by atoms with Crippen molar-refractivity contribution in [3.63, 3.8) is 0 Å². The van der Waals surface area contributed by atoms with E-state index >= 15 is 0 Å². The molecule has 0 bridgehead atoms. The number of hydrogen-bond donors (Lipinski definition) is 1. The summed E-state index contributed by atoms with van der Waals surface area (Å²) in [5, 5.41) is 2.80. The Labute approximate surface area is 113 Å². The number of nitrogens with one attached hydrogen (secondary N) is 1. The third kappa shape index (κ3) is 3.81. The molecule has 1 saturated carbocycles. The molecule has 0 aliphatic heterocycles. The maximum absolute atomic E-state index is 11.9. The van der Waals surface area contributed by atoms with Crippen LogP contribution in [0, 0.1) is 5.92 Å². The first kappa shape index (κ1) is 13.6. The lowest BCUT2D eigenvalue weighted by atomic mass is 10.1. The van der Waals surface area contributed by atoms with Gasteiger partial charge < -0.3 is 10.1 Å². The Morgan fingerprint density at radius 3 is 2.74 bits per heavy atom. The van der Waals surface area contributed by atoms with E-state index in [4.69, 9.17) is 4.74 Å². The lowest BCUT2D eigenvalue weighted by Crippen LogP contribution is -2.17. The van der Waals surface area contributed by atoms with E-state index in [-0.39, 0.29) is 17.8 Å². The quantitative estimate of drug-likeness (QED) is 0.632. The molecule has 0 aromatic heterocycles. The maximum atomic E-state index is 11.9. The van der Waals surface area contributed by atoms with Crippen molar-refractivity contribution in [2.75, 3.05) is 11.9 Å². The number of rotatable bonds is 6. The molecule has 0 saturated heterocycles. The molecule has 1 amide bonds. The molecule has 0 unspecified atom stereocenters. The number of hydrogen-bond acceptors (Lipinski definition) is 3. The Balaban J connectivity index is 2.02. The van der Waals surface area contributed by atoms with Crippen molar-refractivity contribution < 1.29 is 14.3 Å². The van der Waals surface area contributed by atoms with Crippen LogP contribution >= 0.6 is 0 Å². The number of amides is 1. The van der Waals surface area contributed by atoms with Gasteiger partial charge in [-0.3, -0.25) is 4.79 Å². The molecule has 1 aliphatic carbocycles. The maximum Gasteiger partial charge on any atom is 0.340 e. The molecule has 1 aromatic carbocycles. The smallest absolute Gasteiger partial charge is 0.340 e. The van der Waals surface area contributed by atoms with Crippen LogP contribution in [0.15, 0.2) is 24.3 Å². The van der Waals surface area contributed by atoms with Crippen LogP contribution in [0.1, 0.15) is 43.0 Å². The summed E-state index contributed by atoms with van der Waals surface area (Å²) in [4.78, 5) is 23.7. The molecule has 4 nitrogen and oxygen atoms in total. The largest absolute Gasteiger partial charge is 0.462 e. The fourth-order valence-electron chi connectivity index (χ4n) is 1.74. The third-order valence-electron chi connectivity index (χ3n) is 3.08. The molecule has 1 fully saturated rings. The average Bonchev–Trinajstić information content (AvgIpc) is 3.24. The lowest BCUT2D eigenvalue weighted by Gasteiger charge is -2.10. The highest BCUT2D eigenvalue weighted by Gasteiger charge is 2.30. The van der Waals surface area contributed by atoms with Gasteiger partial charge in [-0.25, -0.2) is 4.79 Å². The van der Waals surface area contributed by atoms with E-state index in [1.165, 1.54) is 0 Å². The van der Waals surface area contributed by atoms with Gasteiger partial charge in [0.05, 0.1) is 17.9 Å². The van der Waals surface area contributed by atoms with Crippen LogP contribution < -0.4 is 5.32 Å². The van der Waals surface area contributed by atoms with E-state index in [1.54, 1.807) is 24.3 Å². The van der Waals surface area contributed by atoms with Crippen LogP contribution in [0.25, 0.3) is 0 Å². The van der Waals surface area contributed by atoms with Gasteiger partial charge in [0.25, 0.3) is 0 Å². The molecule has 2 rings (SSSR count). The van der Waals surface area contributed by atoms with E-state index in [1.807, 2.05) is 6.92 Å². The van der Waals surface area contributed by atoms with Gasteiger partial charge in [0.1, 0.15) is 0 Å². The van der Waals surface area contributed by atoms with Gasteiger partial charge in [-0.1, -0.05) is 25.5 Å². The SMILES string of the molecule is CCCCOC(=O)c1ccccc1NC(=O)C1CC1. The molecule has 0 heterocycles. The van der Waals surface area contributed by atoms with Crippen LogP contribution in [0.3, 0.4) is 0 Å². The predicted molar refractivity (Wildman–Crippen MR) is 73.0 cm³/mol. The normalized spacial score (nSPS) is 13.9. The zero-order chi connectivity index (χ0) is 13.7. The summed E-state index contributed by atoms with van der Waals surface area (Å²) in [5.41, 5.74) is 0.966. The third-order valence-corrected chi connectivity index (χ3v) is 3.08. The Kier molecular flexibility index (Phi) is 4.55. The fourth-order valence-corrected chi connectivity index (χ4v) is 1.74. The topological polar surface area (TPSA) is 55.4 Å². The standard InChI is InChI=1S/C15H19NO3/c1-2-3-10-19-15(18)12-6-4-5-7-13(12)16-14(17)11-8-9-11/h4-7,11H,2-3,8-10H2,1H3,(H,16,17). The number of esters is 1. The van der Waals surface area contributed by atoms with Crippen molar-refractivity contribution >= 4 is 17.6 Å². The zero-order valence-corrected chi connectivity index (χ0v) is 11.1. The van der Waals surface area contributed by atoms with Crippen LogP contribution in [-0.4, -0.2) is 18.5 Å². The minimum Gasteiger partial charge on any atom is -0.462 e. The molecule has 0 radical (unpaired) electrons. The first-order valence-corrected chi connectivity index (χ1v) is 6.79. The first-order valence-electron chi connectivity index (χ1n) is 6.79. The lowest BCUT2D eigenvalue weighted by molar-refractivity contribution is -0.117. The van der Waals surface area contributed by atoms with Crippen molar-refractivity contribution in [3.8, 4) is 0 Å². The van der Waals surface area contributed by atoms with Crippen molar-refractivity contribution in [1.82, 2.24) is 0 Å². The van der Waals surface area contributed by atoms with Crippen LogP contribution in [-0.2, 0) is 9.53 Å². The van der Waals surface area contributed by atoms with Gasteiger partial charge >= 0.3 is 5.97 Å². The Bertz CT molecular complexity index is 466. The first-order chi connectivity index (χ1) is 9.22. The minimum absolute atomic E-state index is 0.00573. The highest BCUT2D eigenvalue weighted by Crippen LogP contribution is 2.30. The van der Waals surface area contributed by atoms with E-state index in [2.05, 4.69) is 5.32 Å². The average molecular weight is 261 g/mol. The van der Waals surface area contributed by atoms with Gasteiger partial charge in [-0.15, -0.1) is 0 Å². The number of unbranched alkanes of at least 4 members (excludes halogenated alkanes) is 1. The Hall–Kier alpha value is -1.84. The number of carbonyl (C=O) groups excluding carboxylic acids is 2. The van der Waals surface area contributed by atoms with Crippen LogP contribution in [0.4, 0.5) is 5.69 Å². The van der Waals surface area contributed by atoms with E-state index < -0.39 is 0 Å². The van der Waals surface area contributed by atoms with E-state index in [0.717, 1.165) is 25.7 Å². The second-order valence-corrected chi connectivity index (χ2v) is 4.80. The molecule has 19 heavy (non-hydrogen) atoms. The number of anilines is 1. The molecule has 102 valence electrons. The fraction of sp³-hybridized carbons (Fsp3) is 0.467. The summed E-state index contributed by atoms with van der Waals surface area (Å²) in [7, 11) is 0. The molecule has 1 aliphatic rings. The summed E-state index contributed by atoms with van der Waals surface area (Å²) in [6.45, 7) is 2.46. The van der Waals surface area contributed by atoms with Crippen LogP contribution in [0.2, 0.25) is 0 Å². The van der Waals surface area contributed by atoms with E-state index in [0.29, 0.717) is 17.9 Å². The van der Waals surface area contributed by atoms with Crippen molar-refractivity contribution in [2.24, 2.45) is 5.92 Å². The highest BCUT2D eigenvalue weighted by molar-refractivity contribution is 6.02. The second-order valence-electron chi connectivity index (χ2n) is 4.80. The van der Waals surface area contributed by atoms with Crippen molar-refractivity contribution in [3.05, 3.63) is 29.8 Å².